The summed E-state index contributed by atoms with van der Waals surface area (Å²) in [5.74, 6) is -0.647. The van der Waals surface area contributed by atoms with Crippen molar-refractivity contribution >= 4 is 17.3 Å². The Bertz CT molecular complexity index is 1070. The summed E-state index contributed by atoms with van der Waals surface area (Å²) in [6.07, 6.45) is 1.09. The van der Waals surface area contributed by atoms with Crippen molar-refractivity contribution in [1.29, 1.82) is 0 Å². The number of hydrogen-bond acceptors (Lipinski definition) is 4. The van der Waals surface area contributed by atoms with Gasteiger partial charge < -0.3 is 14.8 Å². The van der Waals surface area contributed by atoms with Crippen molar-refractivity contribution in [3.63, 3.8) is 0 Å². The number of hydrogen-bond donors (Lipinski definition) is 2. The van der Waals surface area contributed by atoms with Gasteiger partial charge in [0.1, 0.15) is 0 Å². The molecule has 8 heteroatoms. The average Bonchev–Trinajstić information content (AvgIpc) is 3.31. The fourth-order valence-electron chi connectivity index (χ4n) is 2.55. The quantitative estimate of drug-likeness (QED) is 0.205. The molecular formula is C26H28F3NO4. The molecule has 0 spiro atoms. The number of alkyl halides is 3. The van der Waals surface area contributed by atoms with E-state index in [1.165, 1.54) is 33.3 Å². The monoisotopic (exact) mass is 475 g/mol. The van der Waals surface area contributed by atoms with Crippen molar-refractivity contribution < 1.29 is 32.3 Å². The zero-order chi connectivity index (χ0) is 25.9. The first-order valence-corrected chi connectivity index (χ1v) is 10.2. The van der Waals surface area contributed by atoms with Crippen molar-refractivity contribution in [2.45, 2.75) is 33.9 Å². The van der Waals surface area contributed by atoms with E-state index in [0.717, 1.165) is 6.08 Å². The third kappa shape index (κ3) is 8.97. The third-order valence-electron chi connectivity index (χ3n) is 4.62. The largest absolute Gasteiger partial charge is 0.512 e. The van der Waals surface area contributed by atoms with Gasteiger partial charge in [0.05, 0.1) is 36.0 Å². The lowest BCUT2D eigenvalue weighted by Crippen LogP contribution is -2.30. The summed E-state index contributed by atoms with van der Waals surface area (Å²) >= 11 is 0. The fourth-order valence-corrected chi connectivity index (χ4v) is 2.55. The van der Waals surface area contributed by atoms with Crippen LogP contribution in [0.5, 0.6) is 0 Å². The molecular weight excluding hydrogens is 447 g/mol. The van der Waals surface area contributed by atoms with Crippen LogP contribution in [0.1, 0.15) is 43.6 Å². The Hall–Kier alpha value is -3.81. The SMILES string of the molecule is C/C(O)=C(\C)C(=O)NCC(=O)c1ccccc1.C=C(C)/C(=C\C(=C/C)c1ccoc1)C(F)(F)F. The first-order valence-electron chi connectivity index (χ1n) is 10.2. The highest BCUT2D eigenvalue weighted by Crippen LogP contribution is 2.33. The number of aliphatic hydroxyl groups excluding tert-OH is 1. The molecule has 0 aliphatic heterocycles. The molecule has 1 aromatic heterocycles. The number of amides is 1. The molecule has 34 heavy (non-hydrogen) atoms. The summed E-state index contributed by atoms with van der Waals surface area (Å²) < 4.78 is 43.0. The summed E-state index contributed by atoms with van der Waals surface area (Å²) in [5.41, 5.74) is 1.08. The highest BCUT2D eigenvalue weighted by Gasteiger charge is 2.34. The number of allylic oxidation sites excluding steroid dienone is 6. The van der Waals surface area contributed by atoms with Crippen molar-refractivity contribution in [2.75, 3.05) is 6.54 Å². The van der Waals surface area contributed by atoms with Crippen LogP contribution in [0.25, 0.3) is 5.57 Å². The van der Waals surface area contributed by atoms with Crippen LogP contribution in [0.4, 0.5) is 13.2 Å². The first kappa shape index (κ1) is 28.2. The molecule has 1 amide bonds. The Morgan fingerprint density at radius 3 is 2.15 bits per heavy atom. The Kier molecular flexibility index (Phi) is 10.8. The molecule has 5 nitrogen and oxygen atoms in total. The molecule has 1 heterocycles. The van der Waals surface area contributed by atoms with Gasteiger partial charge in [-0.25, -0.2) is 0 Å². The number of ketones is 1. The summed E-state index contributed by atoms with van der Waals surface area (Å²) in [5, 5.41) is 11.6. The summed E-state index contributed by atoms with van der Waals surface area (Å²) in [6.45, 7) is 9.21. The summed E-state index contributed by atoms with van der Waals surface area (Å²) in [7, 11) is 0. The zero-order valence-electron chi connectivity index (χ0n) is 19.5. The lowest BCUT2D eigenvalue weighted by atomic mass is 10.0. The standard InChI is InChI=1S/C13H13F3O.C13H15NO3/c1-4-10(11-5-6-17-8-11)7-12(9(2)3)13(14,15)16;1-9(10(2)15)13(17)14-8-12(16)11-6-4-3-5-7-11/h4-8H,2H2,1,3H3;3-7,15H,8H2,1-2H3,(H,14,17)/b10-4+,12-7+;10-9-. The topological polar surface area (TPSA) is 79.5 Å². The molecule has 2 aromatic rings. The zero-order valence-corrected chi connectivity index (χ0v) is 19.5. The number of carbonyl (C=O) groups excluding carboxylic acids is 2. The number of halogens is 3. The van der Waals surface area contributed by atoms with E-state index >= 15 is 0 Å². The van der Waals surface area contributed by atoms with Gasteiger partial charge in [0, 0.05) is 11.1 Å². The summed E-state index contributed by atoms with van der Waals surface area (Å²) in [4.78, 5) is 23.1. The smallest absolute Gasteiger partial charge is 0.416 e. The van der Waals surface area contributed by atoms with Gasteiger partial charge in [0.25, 0.3) is 5.91 Å². The number of carbonyl (C=O) groups is 2. The molecule has 0 fully saturated rings. The van der Waals surface area contributed by atoms with E-state index in [0.29, 0.717) is 16.7 Å². The highest BCUT2D eigenvalue weighted by atomic mass is 19.4. The highest BCUT2D eigenvalue weighted by molar-refractivity contribution is 6.01. The number of Topliss-reactive ketones (excluding diaryl/α,β-unsaturated/α-hetero) is 1. The molecule has 0 radical (unpaired) electrons. The molecule has 0 bridgehead atoms. The molecule has 0 atom stereocenters. The van der Waals surface area contributed by atoms with Gasteiger partial charge in [-0.15, -0.1) is 0 Å². The predicted octanol–water partition coefficient (Wildman–Crippen LogP) is 6.59. The molecule has 2 rings (SSSR count). The van der Waals surface area contributed by atoms with Crippen molar-refractivity contribution in [1.82, 2.24) is 5.32 Å². The average molecular weight is 476 g/mol. The lowest BCUT2D eigenvalue weighted by Gasteiger charge is -2.12. The Morgan fingerprint density at radius 2 is 1.71 bits per heavy atom. The van der Waals surface area contributed by atoms with E-state index in [1.807, 2.05) is 6.07 Å². The number of furan rings is 1. The van der Waals surface area contributed by atoms with Gasteiger partial charge in [-0.1, -0.05) is 43.0 Å². The Labute approximate surface area is 197 Å². The van der Waals surface area contributed by atoms with Gasteiger partial charge in [-0.3, -0.25) is 9.59 Å². The predicted molar refractivity (Wildman–Crippen MR) is 126 cm³/mol. The van der Waals surface area contributed by atoms with Crippen LogP contribution < -0.4 is 5.32 Å². The second-order valence-corrected chi connectivity index (χ2v) is 7.27. The van der Waals surface area contributed by atoms with Gasteiger partial charge in [0.2, 0.25) is 0 Å². The molecule has 0 aliphatic rings. The molecule has 0 unspecified atom stereocenters. The number of benzene rings is 1. The minimum atomic E-state index is -4.40. The molecule has 1 aromatic carbocycles. The number of aliphatic hydroxyl groups is 1. The maximum atomic E-state index is 12.7. The third-order valence-corrected chi connectivity index (χ3v) is 4.62. The maximum absolute atomic E-state index is 12.7. The van der Waals surface area contributed by atoms with Crippen LogP contribution in [0, 0.1) is 0 Å². The summed E-state index contributed by atoms with van der Waals surface area (Å²) in [6, 6.07) is 10.3. The Morgan fingerprint density at radius 1 is 1.09 bits per heavy atom. The van der Waals surface area contributed by atoms with Gasteiger partial charge in [-0.2, -0.15) is 13.2 Å². The lowest BCUT2D eigenvalue weighted by molar-refractivity contribution is -0.117. The van der Waals surface area contributed by atoms with Gasteiger partial charge in [-0.05, 0) is 51.0 Å². The molecule has 182 valence electrons. The minimum absolute atomic E-state index is 0.0136. The van der Waals surface area contributed by atoms with Crippen LogP contribution >= 0.6 is 0 Å². The van der Waals surface area contributed by atoms with E-state index in [-0.39, 0.29) is 29.2 Å². The van der Waals surface area contributed by atoms with Crippen molar-refractivity contribution in [2.24, 2.45) is 0 Å². The van der Waals surface area contributed by atoms with E-state index in [2.05, 4.69) is 11.9 Å². The molecule has 0 saturated heterocycles. The van der Waals surface area contributed by atoms with Crippen LogP contribution in [-0.4, -0.2) is 29.5 Å². The van der Waals surface area contributed by atoms with E-state index < -0.39 is 17.7 Å². The van der Waals surface area contributed by atoms with E-state index in [1.54, 1.807) is 43.3 Å². The Balaban J connectivity index is 0.000000340. The second kappa shape index (κ2) is 13.0. The van der Waals surface area contributed by atoms with E-state index in [9.17, 15) is 22.8 Å². The molecule has 2 N–H and O–H groups in total. The second-order valence-electron chi connectivity index (χ2n) is 7.27. The molecule has 0 saturated carbocycles. The number of rotatable bonds is 7. The van der Waals surface area contributed by atoms with Crippen molar-refractivity contribution in [3.05, 3.63) is 101 Å². The van der Waals surface area contributed by atoms with Crippen molar-refractivity contribution in [3.8, 4) is 0 Å². The van der Waals surface area contributed by atoms with Gasteiger partial charge in [0.15, 0.2) is 5.78 Å². The fraction of sp³-hybridized carbons (Fsp3) is 0.231. The van der Waals surface area contributed by atoms with E-state index in [4.69, 9.17) is 9.52 Å². The normalized spacial score (nSPS) is 12.8. The van der Waals surface area contributed by atoms with Crippen LogP contribution in [-0.2, 0) is 4.79 Å². The van der Waals surface area contributed by atoms with Crippen LogP contribution in [0.3, 0.4) is 0 Å². The maximum Gasteiger partial charge on any atom is 0.416 e. The molecule has 0 aliphatic carbocycles. The van der Waals surface area contributed by atoms with Gasteiger partial charge >= 0.3 is 6.18 Å². The minimum Gasteiger partial charge on any atom is -0.512 e. The van der Waals surface area contributed by atoms with Crippen LogP contribution in [0.15, 0.2) is 94.6 Å². The first-order chi connectivity index (χ1) is 15.9. The number of nitrogens with one attached hydrogen (secondary N) is 1. The van der Waals surface area contributed by atoms with Crippen LogP contribution in [0.2, 0.25) is 0 Å².